The standard InChI is InChI=1S/C24H31N7O5/c1-4-18(27-23(25)26)20(22(33)36-3)29-21(32)19(14-15-8-6-5-7-9-15)28-24(34)31-30-16-10-12-17(35-2)13-11-16/h5-13,18-20H,4,14H2,1-3H3,(H,28,34)(H,29,32)(H4,25,26,27)/b31-30+. The van der Waals surface area contributed by atoms with Gasteiger partial charge in [0.05, 0.1) is 25.9 Å². The normalized spacial score (nSPS) is 13.2. The molecule has 6 N–H and O–H groups in total. The lowest BCUT2D eigenvalue weighted by Crippen LogP contribution is -2.60. The zero-order chi connectivity index (χ0) is 26.5. The SMILES string of the molecule is CCC(NC(=N)N)C(NC(=O)C(Cc1ccccc1)NC(=O)/N=N/c1ccc(OC)cc1)C(=O)OC. The third-order valence-electron chi connectivity index (χ3n) is 5.16. The van der Waals surface area contributed by atoms with E-state index in [1.54, 1.807) is 55.5 Å². The zero-order valence-corrected chi connectivity index (χ0v) is 20.4. The van der Waals surface area contributed by atoms with Crippen molar-refractivity contribution in [3.8, 4) is 5.75 Å². The highest BCUT2D eigenvalue weighted by atomic mass is 16.5. The maximum Gasteiger partial charge on any atom is 0.360 e. The smallest absolute Gasteiger partial charge is 0.360 e. The summed E-state index contributed by atoms with van der Waals surface area (Å²) in [6, 6.07) is 11.8. The molecule has 2 aromatic rings. The fraction of sp³-hybridized carbons (Fsp3) is 0.333. The summed E-state index contributed by atoms with van der Waals surface area (Å²) in [5, 5.41) is 22.8. The monoisotopic (exact) mass is 497 g/mol. The quantitative estimate of drug-likeness (QED) is 0.136. The lowest BCUT2D eigenvalue weighted by molar-refractivity contribution is -0.146. The number of rotatable bonds is 11. The Labute approximate surface area is 209 Å². The van der Waals surface area contributed by atoms with E-state index in [1.165, 1.54) is 14.2 Å². The van der Waals surface area contributed by atoms with Crippen molar-refractivity contribution >= 4 is 29.6 Å². The number of hydrogen-bond donors (Lipinski definition) is 5. The highest BCUT2D eigenvalue weighted by Gasteiger charge is 2.33. The first-order valence-electron chi connectivity index (χ1n) is 11.2. The van der Waals surface area contributed by atoms with Gasteiger partial charge in [0.15, 0.2) is 5.96 Å². The van der Waals surface area contributed by atoms with Crippen LogP contribution in [-0.4, -0.2) is 56.2 Å². The predicted octanol–water partition coefficient (Wildman–Crippen LogP) is 2.02. The molecule has 3 atom stereocenters. The highest BCUT2D eigenvalue weighted by molar-refractivity contribution is 5.91. The number of amides is 3. The van der Waals surface area contributed by atoms with Crippen molar-refractivity contribution in [3.05, 3.63) is 60.2 Å². The Morgan fingerprint density at radius 1 is 1.00 bits per heavy atom. The van der Waals surface area contributed by atoms with Gasteiger partial charge < -0.3 is 31.2 Å². The van der Waals surface area contributed by atoms with Crippen molar-refractivity contribution in [1.82, 2.24) is 16.0 Å². The van der Waals surface area contributed by atoms with Crippen molar-refractivity contribution in [2.24, 2.45) is 16.0 Å². The zero-order valence-electron chi connectivity index (χ0n) is 20.4. The van der Waals surface area contributed by atoms with E-state index in [-0.39, 0.29) is 12.4 Å². The minimum atomic E-state index is -1.16. The molecule has 0 aliphatic carbocycles. The van der Waals surface area contributed by atoms with E-state index in [2.05, 4.69) is 26.2 Å². The van der Waals surface area contributed by atoms with Gasteiger partial charge in [-0.3, -0.25) is 10.2 Å². The van der Waals surface area contributed by atoms with Gasteiger partial charge in [-0.2, -0.15) is 0 Å². The van der Waals surface area contributed by atoms with E-state index in [0.29, 0.717) is 17.9 Å². The molecule has 0 aliphatic rings. The summed E-state index contributed by atoms with van der Waals surface area (Å²) in [7, 11) is 2.72. The maximum atomic E-state index is 13.2. The van der Waals surface area contributed by atoms with Crippen LogP contribution < -0.4 is 26.4 Å². The van der Waals surface area contributed by atoms with E-state index in [4.69, 9.17) is 20.6 Å². The van der Waals surface area contributed by atoms with E-state index < -0.39 is 36.0 Å². The second-order valence-corrected chi connectivity index (χ2v) is 7.67. The summed E-state index contributed by atoms with van der Waals surface area (Å²) in [4.78, 5) is 38.2. The summed E-state index contributed by atoms with van der Waals surface area (Å²) in [6.45, 7) is 1.76. The van der Waals surface area contributed by atoms with Gasteiger partial charge in [0.25, 0.3) is 0 Å². The Bertz CT molecular complexity index is 1060. The minimum Gasteiger partial charge on any atom is -0.497 e. The highest BCUT2D eigenvalue weighted by Crippen LogP contribution is 2.18. The summed E-state index contributed by atoms with van der Waals surface area (Å²) in [5.41, 5.74) is 6.62. The van der Waals surface area contributed by atoms with Gasteiger partial charge in [-0.1, -0.05) is 42.4 Å². The van der Waals surface area contributed by atoms with Crippen LogP contribution in [0.15, 0.2) is 64.8 Å². The van der Waals surface area contributed by atoms with Crippen LogP contribution in [0.25, 0.3) is 0 Å². The van der Waals surface area contributed by atoms with Crippen LogP contribution in [0.3, 0.4) is 0 Å². The van der Waals surface area contributed by atoms with Crippen LogP contribution >= 0.6 is 0 Å². The lowest BCUT2D eigenvalue weighted by Gasteiger charge is -2.28. The molecule has 36 heavy (non-hydrogen) atoms. The van der Waals surface area contributed by atoms with Gasteiger partial charge in [0, 0.05) is 6.42 Å². The fourth-order valence-electron chi connectivity index (χ4n) is 3.31. The Morgan fingerprint density at radius 2 is 1.67 bits per heavy atom. The summed E-state index contributed by atoms with van der Waals surface area (Å²) < 4.78 is 9.91. The Balaban J connectivity index is 2.22. The molecule has 12 heteroatoms. The topological polar surface area (TPSA) is 180 Å². The number of nitrogens with zero attached hydrogens (tertiary/aromatic N) is 2. The van der Waals surface area contributed by atoms with E-state index >= 15 is 0 Å². The molecular formula is C24H31N7O5. The molecule has 0 saturated carbocycles. The molecule has 2 aromatic carbocycles. The molecule has 0 radical (unpaired) electrons. The van der Waals surface area contributed by atoms with Crippen LogP contribution in [-0.2, 0) is 20.7 Å². The van der Waals surface area contributed by atoms with Gasteiger partial charge in [0.2, 0.25) is 5.91 Å². The molecule has 192 valence electrons. The number of hydrogen-bond acceptors (Lipinski definition) is 7. The number of azo groups is 1. The molecule has 12 nitrogen and oxygen atoms in total. The van der Waals surface area contributed by atoms with Crippen LogP contribution in [0.4, 0.5) is 10.5 Å². The van der Waals surface area contributed by atoms with Crippen molar-refractivity contribution in [3.63, 3.8) is 0 Å². The Kier molecular flexibility index (Phi) is 10.8. The number of nitrogens with two attached hydrogens (primary N) is 1. The third-order valence-corrected chi connectivity index (χ3v) is 5.16. The van der Waals surface area contributed by atoms with E-state index in [1.807, 2.05) is 6.07 Å². The van der Waals surface area contributed by atoms with Crippen LogP contribution in [0.5, 0.6) is 5.75 Å². The van der Waals surface area contributed by atoms with Gasteiger partial charge in [0.1, 0.15) is 17.8 Å². The predicted molar refractivity (Wildman–Crippen MR) is 133 cm³/mol. The average molecular weight is 498 g/mol. The largest absolute Gasteiger partial charge is 0.497 e. The van der Waals surface area contributed by atoms with Gasteiger partial charge >= 0.3 is 12.0 Å². The molecule has 0 aliphatic heterocycles. The molecule has 2 rings (SSSR count). The molecule has 3 unspecified atom stereocenters. The maximum absolute atomic E-state index is 13.2. The summed E-state index contributed by atoms with van der Waals surface area (Å²) >= 11 is 0. The number of methoxy groups -OCH3 is 2. The second-order valence-electron chi connectivity index (χ2n) is 7.67. The van der Waals surface area contributed by atoms with E-state index in [0.717, 1.165) is 5.56 Å². The van der Waals surface area contributed by atoms with Crippen molar-refractivity contribution in [1.29, 1.82) is 5.41 Å². The summed E-state index contributed by atoms with van der Waals surface area (Å²) in [5.74, 6) is -1.11. The first-order chi connectivity index (χ1) is 17.3. The van der Waals surface area contributed by atoms with Crippen LogP contribution in [0.2, 0.25) is 0 Å². The number of ether oxygens (including phenoxy) is 2. The molecule has 0 spiro atoms. The van der Waals surface area contributed by atoms with Crippen molar-refractivity contribution in [2.45, 2.75) is 37.9 Å². The average Bonchev–Trinajstić information content (AvgIpc) is 2.89. The van der Waals surface area contributed by atoms with Gasteiger partial charge in [-0.25, -0.2) is 9.59 Å². The molecule has 3 amide bonds. The molecule has 0 fully saturated rings. The number of esters is 1. The number of guanidine groups is 1. The first kappa shape index (κ1) is 27.8. The minimum absolute atomic E-state index is 0.126. The molecule has 0 aromatic heterocycles. The Morgan fingerprint density at radius 3 is 2.22 bits per heavy atom. The summed E-state index contributed by atoms with van der Waals surface area (Å²) in [6.07, 6.45) is 0.479. The van der Waals surface area contributed by atoms with Gasteiger partial charge in [-0.05, 0) is 36.2 Å². The second kappa shape index (κ2) is 14.0. The molecular weight excluding hydrogens is 466 g/mol. The van der Waals surface area contributed by atoms with Crippen LogP contribution in [0.1, 0.15) is 18.9 Å². The van der Waals surface area contributed by atoms with Gasteiger partial charge in [-0.15, -0.1) is 5.11 Å². The first-order valence-corrected chi connectivity index (χ1v) is 11.2. The van der Waals surface area contributed by atoms with Crippen LogP contribution in [0, 0.1) is 5.41 Å². The molecule has 0 bridgehead atoms. The molecule has 0 heterocycles. The number of urea groups is 1. The number of benzene rings is 2. The third kappa shape index (κ3) is 8.70. The van der Waals surface area contributed by atoms with Crippen molar-refractivity contribution in [2.75, 3.05) is 14.2 Å². The Hall–Kier alpha value is -4.48. The lowest BCUT2D eigenvalue weighted by atomic mass is 10.0. The van der Waals surface area contributed by atoms with Crippen molar-refractivity contribution < 1.29 is 23.9 Å². The fourth-order valence-corrected chi connectivity index (χ4v) is 3.31. The number of nitrogens with one attached hydrogen (secondary N) is 4. The number of carbonyl (C=O) groups excluding carboxylic acids is 3. The molecule has 0 saturated heterocycles. The number of carbonyl (C=O) groups is 3. The van der Waals surface area contributed by atoms with E-state index in [9.17, 15) is 14.4 Å².